The summed E-state index contributed by atoms with van der Waals surface area (Å²) in [5.41, 5.74) is 6.58. The Kier molecular flexibility index (Phi) is 2.40. The maximum Gasteiger partial charge on any atom is 0.231 e. The molecule has 1 atom stereocenters. The number of carbonyl (C=O) groups is 1. The lowest BCUT2D eigenvalue weighted by atomic mass is 9.93. The van der Waals surface area contributed by atoms with Gasteiger partial charge < -0.3 is 20.1 Å². The summed E-state index contributed by atoms with van der Waals surface area (Å²) >= 11 is 0. The van der Waals surface area contributed by atoms with Gasteiger partial charge in [0.15, 0.2) is 11.5 Å². The van der Waals surface area contributed by atoms with E-state index in [0.29, 0.717) is 19.5 Å². The molecule has 2 aliphatic heterocycles. The number of benzene rings is 1. The van der Waals surface area contributed by atoms with E-state index >= 15 is 0 Å². The van der Waals surface area contributed by atoms with Crippen molar-refractivity contribution in [1.29, 1.82) is 0 Å². The highest BCUT2D eigenvalue weighted by Gasteiger charge is 2.36. The quantitative estimate of drug-likeness (QED) is 0.780. The van der Waals surface area contributed by atoms with Crippen LogP contribution in [0.5, 0.6) is 11.5 Å². The maximum atomic E-state index is 11.5. The standard InChI is InChI=1S/C12H14N2O3/c13-3-4-14-9(6-12(14)15)8-1-2-10-11(5-8)17-7-16-10/h1-2,5,9H,3-4,6-7,13H2. The van der Waals surface area contributed by atoms with E-state index in [-0.39, 0.29) is 18.7 Å². The van der Waals surface area contributed by atoms with Crippen molar-refractivity contribution < 1.29 is 14.3 Å². The van der Waals surface area contributed by atoms with Crippen molar-refractivity contribution in [1.82, 2.24) is 4.90 Å². The van der Waals surface area contributed by atoms with Crippen LogP contribution in [0.4, 0.5) is 0 Å². The molecule has 0 saturated carbocycles. The molecule has 3 rings (SSSR count). The van der Waals surface area contributed by atoms with Crippen LogP contribution in [0.1, 0.15) is 18.0 Å². The summed E-state index contributed by atoms with van der Waals surface area (Å²) in [5.74, 6) is 1.69. The monoisotopic (exact) mass is 234 g/mol. The second kappa shape index (κ2) is 3.92. The van der Waals surface area contributed by atoms with Gasteiger partial charge in [0.25, 0.3) is 0 Å². The Labute approximate surface area is 99.1 Å². The Morgan fingerprint density at radius 3 is 2.94 bits per heavy atom. The van der Waals surface area contributed by atoms with Crippen molar-refractivity contribution in [2.24, 2.45) is 5.73 Å². The lowest BCUT2D eigenvalue weighted by molar-refractivity contribution is -0.146. The number of β-lactam (4-membered cyclic amide) rings is 1. The fourth-order valence-corrected chi connectivity index (χ4v) is 2.29. The fourth-order valence-electron chi connectivity index (χ4n) is 2.29. The minimum Gasteiger partial charge on any atom is -0.454 e. The van der Waals surface area contributed by atoms with E-state index in [1.807, 2.05) is 18.2 Å². The molecule has 90 valence electrons. The van der Waals surface area contributed by atoms with Gasteiger partial charge in [0, 0.05) is 13.1 Å². The molecule has 2 aliphatic rings. The van der Waals surface area contributed by atoms with Crippen LogP contribution in [0, 0.1) is 0 Å². The first-order chi connectivity index (χ1) is 8.29. The second-order valence-electron chi connectivity index (χ2n) is 4.21. The molecular weight excluding hydrogens is 220 g/mol. The Hall–Kier alpha value is -1.75. The van der Waals surface area contributed by atoms with Gasteiger partial charge in [0.05, 0.1) is 12.5 Å². The smallest absolute Gasteiger partial charge is 0.231 e. The highest BCUT2D eigenvalue weighted by molar-refractivity contribution is 5.83. The van der Waals surface area contributed by atoms with E-state index < -0.39 is 0 Å². The van der Waals surface area contributed by atoms with Gasteiger partial charge >= 0.3 is 0 Å². The molecule has 1 fully saturated rings. The highest BCUT2D eigenvalue weighted by atomic mass is 16.7. The summed E-state index contributed by atoms with van der Waals surface area (Å²) in [6.45, 7) is 1.37. The summed E-state index contributed by atoms with van der Waals surface area (Å²) in [4.78, 5) is 13.3. The third-order valence-corrected chi connectivity index (χ3v) is 3.22. The third kappa shape index (κ3) is 1.63. The lowest BCUT2D eigenvalue weighted by Gasteiger charge is -2.40. The molecule has 1 aromatic rings. The van der Waals surface area contributed by atoms with E-state index in [1.165, 1.54) is 0 Å². The van der Waals surface area contributed by atoms with Crippen LogP contribution in [0.25, 0.3) is 0 Å². The Morgan fingerprint density at radius 2 is 2.18 bits per heavy atom. The first-order valence-electron chi connectivity index (χ1n) is 5.68. The first-order valence-corrected chi connectivity index (χ1v) is 5.68. The highest BCUT2D eigenvalue weighted by Crippen LogP contribution is 2.39. The maximum absolute atomic E-state index is 11.5. The molecule has 2 heterocycles. The fraction of sp³-hybridized carbons (Fsp3) is 0.417. The number of ether oxygens (including phenoxy) is 2. The molecule has 0 aromatic heterocycles. The molecule has 1 saturated heterocycles. The van der Waals surface area contributed by atoms with Crippen molar-refractivity contribution >= 4 is 5.91 Å². The Morgan fingerprint density at radius 1 is 1.35 bits per heavy atom. The van der Waals surface area contributed by atoms with Crippen LogP contribution >= 0.6 is 0 Å². The number of nitrogens with zero attached hydrogens (tertiary/aromatic N) is 1. The number of hydrogen-bond acceptors (Lipinski definition) is 4. The number of hydrogen-bond donors (Lipinski definition) is 1. The molecule has 0 bridgehead atoms. The number of likely N-dealkylation sites (tertiary alicyclic amines) is 1. The van der Waals surface area contributed by atoms with Crippen molar-refractivity contribution in [3.05, 3.63) is 23.8 Å². The van der Waals surface area contributed by atoms with Crippen LogP contribution in [0.2, 0.25) is 0 Å². The van der Waals surface area contributed by atoms with Gasteiger partial charge in [-0.15, -0.1) is 0 Å². The van der Waals surface area contributed by atoms with Gasteiger partial charge in [-0.3, -0.25) is 4.79 Å². The molecule has 1 unspecified atom stereocenters. The molecule has 5 heteroatoms. The van der Waals surface area contributed by atoms with Crippen molar-refractivity contribution in [2.75, 3.05) is 19.9 Å². The molecule has 0 radical (unpaired) electrons. The summed E-state index contributed by atoms with van der Waals surface area (Å²) in [7, 11) is 0. The topological polar surface area (TPSA) is 64.8 Å². The van der Waals surface area contributed by atoms with Crippen molar-refractivity contribution in [3.8, 4) is 11.5 Å². The Balaban J connectivity index is 1.83. The number of rotatable bonds is 3. The summed E-state index contributed by atoms with van der Waals surface area (Å²) in [5, 5.41) is 0. The zero-order valence-electron chi connectivity index (χ0n) is 9.39. The van der Waals surface area contributed by atoms with Gasteiger partial charge in [-0.25, -0.2) is 0 Å². The summed E-state index contributed by atoms with van der Waals surface area (Å²) in [6.07, 6.45) is 0.555. The van der Waals surface area contributed by atoms with Crippen LogP contribution in [0.15, 0.2) is 18.2 Å². The third-order valence-electron chi connectivity index (χ3n) is 3.22. The van der Waals surface area contributed by atoms with Crippen LogP contribution in [0.3, 0.4) is 0 Å². The van der Waals surface area contributed by atoms with E-state index in [9.17, 15) is 4.79 Å². The molecule has 1 amide bonds. The van der Waals surface area contributed by atoms with E-state index in [1.54, 1.807) is 4.90 Å². The lowest BCUT2D eigenvalue weighted by Crippen LogP contribution is -2.48. The van der Waals surface area contributed by atoms with E-state index in [4.69, 9.17) is 15.2 Å². The van der Waals surface area contributed by atoms with Gasteiger partial charge in [-0.2, -0.15) is 0 Å². The SMILES string of the molecule is NCCN1C(=O)CC1c1ccc2c(c1)OCO2. The predicted molar refractivity (Wildman–Crippen MR) is 60.7 cm³/mol. The number of carbonyl (C=O) groups excluding carboxylic acids is 1. The number of nitrogens with two attached hydrogens (primary N) is 1. The molecular formula is C12H14N2O3. The zero-order valence-corrected chi connectivity index (χ0v) is 9.39. The normalized spacial score (nSPS) is 21.6. The second-order valence-corrected chi connectivity index (χ2v) is 4.21. The van der Waals surface area contributed by atoms with Crippen molar-refractivity contribution in [3.63, 3.8) is 0 Å². The molecule has 5 nitrogen and oxygen atoms in total. The zero-order chi connectivity index (χ0) is 11.8. The molecule has 0 spiro atoms. The summed E-state index contributed by atoms with van der Waals surface area (Å²) in [6, 6.07) is 5.96. The molecule has 1 aromatic carbocycles. The van der Waals surface area contributed by atoms with E-state index in [2.05, 4.69) is 0 Å². The largest absolute Gasteiger partial charge is 0.454 e. The Bertz CT molecular complexity index is 461. The van der Waals surface area contributed by atoms with Gasteiger partial charge in [-0.05, 0) is 17.7 Å². The minimum atomic E-state index is 0.139. The predicted octanol–water partition coefficient (Wildman–Crippen LogP) is 0.647. The van der Waals surface area contributed by atoms with Gasteiger partial charge in [0.1, 0.15) is 0 Å². The van der Waals surface area contributed by atoms with Crippen LogP contribution in [-0.4, -0.2) is 30.7 Å². The number of amides is 1. The first kappa shape index (κ1) is 10.4. The molecule has 2 N–H and O–H groups in total. The van der Waals surface area contributed by atoms with Crippen LogP contribution in [-0.2, 0) is 4.79 Å². The van der Waals surface area contributed by atoms with Gasteiger partial charge in [0.2, 0.25) is 12.7 Å². The van der Waals surface area contributed by atoms with Crippen LogP contribution < -0.4 is 15.2 Å². The van der Waals surface area contributed by atoms with E-state index in [0.717, 1.165) is 17.1 Å². The number of fused-ring (bicyclic) bond motifs is 1. The average Bonchev–Trinajstić information content (AvgIpc) is 2.80. The minimum absolute atomic E-state index is 0.139. The van der Waals surface area contributed by atoms with Crippen molar-refractivity contribution in [2.45, 2.75) is 12.5 Å². The summed E-state index contributed by atoms with van der Waals surface area (Å²) < 4.78 is 10.6. The average molecular weight is 234 g/mol. The molecule has 0 aliphatic carbocycles. The molecule has 17 heavy (non-hydrogen) atoms. The van der Waals surface area contributed by atoms with Gasteiger partial charge in [-0.1, -0.05) is 6.07 Å².